The van der Waals surface area contributed by atoms with Crippen molar-refractivity contribution in [3.63, 3.8) is 0 Å². The average Bonchev–Trinajstić information content (AvgIpc) is 3.02. The number of ether oxygens (including phenoxy) is 2. The number of nitrogens with one attached hydrogen (secondary N) is 1. The van der Waals surface area contributed by atoms with Crippen molar-refractivity contribution in [1.82, 2.24) is 0 Å². The van der Waals surface area contributed by atoms with Gasteiger partial charge in [0.15, 0.2) is 6.29 Å². The van der Waals surface area contributed by atoms with Crippen molar-refractivity contribution in [2.75, 3.05) is 32.6 Å². The summed E-state index contributed by atoms with van der Waals surface area (Å²) in [6.45, 7) is 3.34. The van der Waals surface area contributed by atoms with E-state index in [9.17, 15) is 14.4 Å². The minimum atomic E-state index is -0.587. The van der Waals surface area contributed by atoms with E-state index in [2.05, 4.69) is 17.4 Å². The first kappa shape index (κ1) is 31.4. The van der Waals surface area contributed by atoms with Crippen LogP contribution < -0.4 is 11.1 Å². The fourth-order valence-corrected chi connectivity index (χ4v) is 4.13. The van der Waals surface area contributed by atoms with Gasteiger partial charge in [0.1, 0.15) is 6.79 Å². The number of nitrogens with two attached hydrogens (primary N) is 1. The number of hydrogen-bond donors (Lipinski definition) is 2. The minimum Gasteiger partial charge on any atom is -0.465 e. The van der Waals surface area contributed by atoms with Crippen LogP contribution in [-0.4, -0.2) is 52.3 Å². The van der Waals surface area contributed by atoms with Crippen molar-refractivity contribution in [3.8, 4) is 0 Å². The zero-order valence-electron chi connectivity index (χ0n) is 22.7. The van der Waals surface area contributed by atoms with E-state index in [-0.39, 0.29) is 11.1 Å². The Kier molecular flexibility index (Phi) is 13.3. The van der Waals surface area contributed by atoms with Crippen molar-refractivity contribution in [1.29, 1.82) is 0 Å². The molecule has 0 spiro atoms. The predicted molar refractivity (Wildman–Crippen MR) is 157 cm³/mol. The molecule has 0 aliphatic rings. The molecule has 0 unspecified atom stereocenters. The highest BCUT2D eigenvalue weighted by atomic mass is 16.5. The van der Waals surface area contributed by atoms with Crippen LogP contribution in [0.3, 0.4) is 0 Å². The van der Waals surface area contributed by atoms with Crippen molar-refractivity contribution in [2.24, 2.45) is 5.73 Å². The van der Waals surface area contributed by atoms with Gasteiger partial charge in [-0.25, -0.2) is 9.59 Å². The molecule has 3 N–H and O–H groups in total. The molecular weight excluding hydrogens is 508 g/mol. The Hall–Kier alpha value is -4.82. The molecule has 4 aromatic rings. The van der Waals surface area contributed by atoms with Gasteiger partial charge in [-0.15, -0.1) is 0 Å². The molecule has 0 heterocycles. The number of hydrogen-bond acceptors (Lipinski definition) is 8. The van der Waals surface area contributed by atoms with E-state index in [4.69, 9.17) is 20.0 Å². The van der Waals surface area contributed by atoms with Crippen LogP contribution in [0.2, 0.25) is 0 Å². The van der Waals surface area contributed by atoms with Crippen molar-refractivity contribution >= 4 is 41.5 Å². The summed E-state index contributed by atoms with van der Waals surface area (Å²) in [6, 6.07) is 26.6. The maximum absolute atomic E-state index is 12.4. The van der Waals surface area contributed by atoms with E-state index >= 15 is 0 Å². The van der Waals surface area contributed by atoms with Crippen LogP contribution >= 0.6 is 0 Å². The van der Waals surface area contributed by atoms with Crippen LogP contribution in [-0.2, 0) is 27.1 Å². The normalized spacial score (nSPS) is 9.78. The van der Waals surface area contributed by atoms with Gasteiger partial charge in [0, 0.05) is 28.6 Å². The van der Waals surface area contributed by atoms with Gasteiger partial charge in [-0.1, -0.05) is 66.7 Å². The number of fused-ring (bicyclic) bond motifs is 1. The number of esters is 2. The molecule has 4 aromatic carbocycles. The maximum Gasteiger partial charge on any atom is 0.338 e. The van der Waals surface area contributed by atoms with Crippen LogP contribution in [0.25, 0.3) is 10.8 Å². The zero-order valence-corrected chi connectivity index (χ0v) is 22.7. The van der Waals surface area contributed by atoms with E-state index in [1.54, 1.807) is 12.1 Å². The van der Waals surface area contributed by atoms with Crippen molar-refractivity contribution in [3.05, 3.63) is 113 Å². The lowest BCUT2D eigenvalue weighted by molar-refractivity contribution is -0.0980. The van der Waals surface area contributed by atoms with E-state index in [1.807, 2.05) is 55.3 Å². The van der Waals surface area contributed by atoms with Gasteiger partial charge in [0.05, 0.1) is 25.3 Å². The molecule has 0 aliphatic heterocycles. The van der Waals surface area contributed by atoms with E-state index in [0.717, 1.165) is 24.9 Å². The Bertz CT molecular complexity index is 1390. The summed E-state index contributed by atoms with van der Waals surface area (Å²) < 4.78 is 9.76. The summed E-state index contributed by atoms with van der Waals surface area (Å²) in [5.74, 6) is -1.14. The van der Waals surface area contributed by atoms with Crippen molar-refractivity contribution in [2.45, 2.75) is 12.8 Å². The summed E-state index contributed by atoms with van der Waals surface area (Å²) >= 11 is 0. The summed E-state index contributed by atoms with van der Waals surface area (Å²) in [5, 5.41) is 4.13. The third-order valence-electron chi connectivity index (χ3n) is 5.98. The standard InChI is InChI=1S/C23H21NO5.C8H11N.CH2O/c1-28-22(26)17-10-11-19(24-13-12-15-6-4-3-5-7-15)21-18(23(27)29-2)9-8-16(14-25)20(17)21;9-7-6-8-4-2-1-3-5-8;1-2/h3-11,14,24H,12-13H2,1-2H3;1-5H,6-7,9H2;1H2. The highest BCUT2D eigenvalue weighted by Gasteiger charge is 2.21. The lowest BCUT2D eigenvalue weighted by atomic mass is 9.94. The minimum absolute atomic E-state index is 0.212. The molecular formula is C32H34N2O6. The highest BCUT2D eigenvalue weighted by molar-refractivity contribution is 6.19. The molecule has 8 heteroatoms. The van der Waals surface area contributed by atoms with Crippen LogP contribution in [0.15, 0.2) is 84.9 Å². The summed E-state index contributed by atoms with van der Waals surface area (Å²) in [7, 11) is 2.55. The molecule has 0 radical (unpaired) electrons. The Morgan fingerprint density at radius 2 is 1.25 bits per heavy atom. The number of carbonyl (C=O) groups is 4. The van der Waals surface area contributed by atoms with Gasteiger partial charge in [0.2, 0.25) is 0 Å². The third kappa shape index (κ3) is 8.34. The topological polar surface area (TPSA) is 125 Å². The summed E-state index contributed by atoms with van der Waals surface area (Å²) in [4.78, 5) is 44.3. The largest absolute Gasteiger partial charge is 0.465 e. The molecule has 0 atom stereocenters. The molecule has 208 valence electrons. The molecule has 0 saturated heterocycles. The first-order chi connectivity index (χ1) is 19.5. The summed E-state index contributed by atoms with van der Waals surface area (Å²) in [5.41, 5.74) is 9.24. The van der Waals surface area contributed by atoms with Crippen molar-refractivity contribution < 1.29 is 28.7 Å². The number of methoxy groups -OCH3 is 2. The fourth-order valence-electron chi connectivity index (χ4n) is 4.13. The first-order valence-corrected chi connectivity index (χ1v) is 12.6. The second-order valence-corrected chi connectivity index (χ2v) is 8.40. The number of anilines is 1. The van der Waals surface area contributed by atoms with E-state index in [1.165, 1.54) is 31.9 Å². The molecule has 40 heavy (non-hydrogen) atoms. The first-order valence-electron chi connectivity index (χ1n) is 12.6. The Balaban J connectivity index is 0.000000428. The zero-order chi connectivity index (χ0) is 29.3. The van der Waals surface area contributed by atoms with Gasteiger partial charge in [-0.2, -0.15) is 0 Å². The smallest absolute Gasteiger partial charge is 0.338 e. The molecule has 0 amide bonds. The van der Waals surface area contributed by atoms with Crippen LogP contribution in [0.1, 0.15) is 42.2 Å². The van der Waals surface area contributed by atoms with Gasteiger partial charge >= 0.3 is 11.9 Å². The summed E-state index contributed by atoms with van der Waals surface area (Å²) in [6.07, 6.45) is 2.41. The lowest BCUT2D eigenvalue weighted by Gasteiger charge is -2.16. The Labute approximate surface area is 234 Å². The maximum atomic E-state index is 12.4. The third-order valence-corrected chi connectivity index (χ3v) is 5.98. The average molecular weight is 543 g/mol. The van der Waals surface area contributed by atoms with Gasteiger partial charge in [0.25, 0.3) is 0 Å². The highest BCUT2D eigenvalue weighted by Crippen LogP contribution is 2.33. The Morgan fingerprint density at radius 1 is 0.750 bits per heavy atom. The lowest BCUT2D eigenvalue weighted by Crippen LogP contribution is -2.11. The second-order valence-electron chi connectivity index (χ2n) is 8.40. The molecule has 8 nitrogen and oxygen atoms in total. The molecule has 0 aromatic heterocycles. The molecule has 0 aliphatic carbocycles. The molecule has 0 saturated carbocycles. The molecule has 4 rings (SSSR count). The van der Waals surface area contributed by atoms with E-state index in [0.29, 0.717) is 34.9 Å². The van der Waals surface area contributed by atoms with Crippen LogP contribution in [0.5, 0.6) is 0 Å². The van der Waals surface area contributed by atoms with Gasteiger partial charge in [-0.05, 0) is 48.7 Å². The Morgan fingerprint density at radius 3 is 1.75 bits per heavy atom. The number of carbonyl (C=O) groups excluding carboxylic acids is 4. The fraction of sp³-hybridized carbons (Fsp3) is 0.188. The van der Waals surface area contributed by atoms with Crippen LogP contribution in [0, 0.1) is 0 Å². The molecule has 0 fully saturated rings. The van der Waals surface area contributed by atoms with Gasteiger partial charge < -0.3 is 25.3 Å². The predicted octanol–water partition coefficient (Wildman–Crippen LogP) is 4.88. The number of aldehydes is 1. The molecule has 0 bridgehead atoms. The number of benzene rings is 4. The van der Waals surface area contributed by atoms with E-state index < -0.39 is 11.9 Å². The van der Waals surface area contributed by atoms with Crippen LogP contribution in [0.4, 0.5) is 5.69 Å². The monoisotopic (exact) mass is 542 g/mol. The quantitative estimate of drug-likeness (QED) is 0.226. The number of rotatable bonds is 9. The SMILES string of the molecule is C=O.COC(=O)c1ccc(NCCc2ccccc2)c2c(C(=O)OC)ccc(C=O)c12.NCCc1ccccc1. The van der Waals surface area contributed by atoms with Gasteiger partial charge in [-0.3, -0.25) is 4.79 Å². The second kappa shape index (κ2) is 16.9.